The molecule has 1 aliphatic heterocycles. The summed E-state index contributed by atoms with van der Waals surface area (Å²) in [7, 11) is 0. The third-order valence-corrected chi connectivity index (χ3v) is 4.92. The van der Waals surface area contributed by atoms with E-state index in [4.69, 9.17) is 0 Å². The number of halogens is 1. The van der Waals surface area contributed by atoms with Gasteiger partial charge in [-0.25, -0.2) is 4.39 Å². The summed E-state index contributed by atoms with van der Waals surface area (Å²) in [6.45, 7) is 1.76. The Bertz CT molecular complexity index is 928. The summed E-state index contributed by atoms with van der Waals surface area (Å²) in [5.74, 6) is -1.14. The smallest absolute Gasteiger partial charge is 0.293 e. The summed E-state index contributed by atoms with van der Waals surface area (Å²) in [6.07, 6.45) is 1.67. The highest BCUT2D eigenvalue weighted by Crippen LogP contribution is 2.31. The van der Waals surface area contributed by atoms with Gasteiger partial charge in [0.05, 0.1) is 4.91 Å². The summed E-state index contributed by atoms with van der Waals surface area (Å²) in [4.78, 5) is 38.1. The highest BCUT2D eigenvalue weighted by Gasteiger charge is 2.34. The normalized spacial score (nSPS) is 15.5. The molecule has 0 unspecified atom stereocenters. The van der Waals surface area contributed by atoms with Crippen molar-refractivity contribution in [3.8, 4) is 0 Å². The molecule has 2 aromatic rings. The lowest BCUT2D eigenvalue weighted by Gasteiger charge is -2.13. The number of imide groups is 1. The van der Waals surface area contributed by atoms with Crippen LogP contribution in [0.25, 0.3) is 6.08 Å². The molecule has 27 heavy (non-hydrogen) atoms. The number of amides is 3. The molecule has 1 N–H and O–H groups in total. The quantitative estimate of drug-likeness (QED) is 0.800. The van der Waals surface area contributed by atoms with Crippen molar-refractivity contribution >= 4 is 34.9 Å². The summed E-state index contributed by atoms with van der Waals surface area (Å²) in [5.41, 5.74) is 1.54. The molecule has 0 aliphatic carbocycles. The van der Waals surface area contributed by atoms with Crippen LogP contribution in [0.4, 0.5) is 9.18 Å². The maximum atomic E-state index is 13.3. The highest BCUT2D eigenvalue weighted by atomic mass is 32.2. The van der Waals surface area contributed by atoms with Gasteiger partial charge in [0.15, 0.2) is 0 Å². The van der Waals surface area contributed by atoms with Crippen molar-refractivity contribution in [2.24, 2.45) is 0 Å². The van der Waals surface area contributed by atoms with Gasteiger partial charge >= 0.3 is 0 Å². The lowest BCUT2D eigenvalue weighted by Crippen LogP contribution is -2.37. The third-order valence-electron chi connectivity index (χ3n) is 4.01. The Morgan fingerprint density at radius 1 is 1.19 bits per heavy atom. The van der Waals surface area contributed by atoms with Crippen molar-refractivity contribution in [1.82, 2.24) is 10.2 Å². The monoisotopic (exact) mass is 384 g/mol. The Hall–Kier alpha value is -2.93. The van der Waals surface area contributed by atoms with Crippen molar-refractivity contribution in [3.63, 3.8) is 0 Å². The van der Waals surface area contributed by atoms with Crippen molar-refractivity contribution < 1.29 is 18.8 Å². The Kier molecular flexibility index (Phi) is 5.71. The largest absolute Gasteiger partial charge is 0.350 e. The molecule has 2 aromatic carbocycles. The minimum Gasteiger partial charge on any atom is -0.350 e. The number of carbonyl (C=O) groups is 3. The molecule has 5 nitrogen and oxygen atoms in total. The number of nitrogens with one attached hydrogen (secondary N) is 1. The molecule has 1 fully saturated rings. The molecule has 0 radical (unpaired) electrons. The van der Waals surface area contributed by atoms with Crippen LogP contribution in [0.5, 0.6) is 0 Å². The average molecular weight is 384 g/mol. The molecular formula is C20H17FN2O3S. The lowest BCUT2D eigenvalue weighted by molar-refractivity contribution is -0.122. The average Bonchev–Trinajstić information content (AvgIpc) is 2.92. The molecule has 0 saturated carbocycles. The maximum absolute atomic E-state index is 13.3. The Labute approximate surface area is 160 Å². The third kappa shape index (κ3) is 4.43. The zero-order valence-electron chi connectivity index (χ0n) is 14.6. The Balaban J connectivity index is 1.58. The van der Waals surface area contributed by atoms with Gasteiger partial charge in [0, 0.05) is 18.7 Å². The number of aryl methyl sites for hydroxylation is 1. The Morgan fingerprint density at radius 2 is 1.93 bits per heavy atom. The van der Waals surface area contributed by atoms with Crippen LogP contribution in [0.1, 0.15) is 21.5 Å². The fourth-order valence-corrected chi connectivity index (χ4v) is 3.43. The van der Waals surface area contributed by atoms with E-state index in [0.717, 1.165) is 22.2 Å². The number of hydrogen-bond donors (Lipinski definition) is 1. The summed E-state index contributed by atoms with van der Waals surface area (Å²) >= 11 is 0.880. The van der Waals surface area contributed by atoms with Crippen molar-refractivity contribution in [2.75, 3.05) is 13.1 Å². The van der Waals surface area contributed by atoms with E-state index in [1.54, 1.807) is 13.0 Å². The topological polar surface area (TPSA) is 66.5 Å². The van der Waals surface area contributed by atoms with Gasteiger partial charge in [-0.1, -0.05) is 30.3 Å². The number of carbonyl (C=O) groups excluding carboxylic acids is 3. The fraction of sp³-hybridized carbons (Fsp3) is 0.150. The number of nitrogens with zero attached hydrogens (tertiary/aromatic N) is 1. The Morgan fingerprint density at radius 3 is 2.63 bits per heavy atom. The van der Waals surface area contributed by atoms with Crippen LogP contribution >= 0.6 is 11.8 Å². The molecule has 138 valence electrons. The van der Waals surface area contributed by atoms with Crippen LogP contribution in [0.2, 0.25) is 0 Å². The second-order valence-electron chi connectivity index (χ2n) is 5.96. The molecule has 0 aromatic heterocycles. The zero-order chi connectivity index (χ0) is 19.4. The van der Waals surface area contributed by atoms with Crippen LogP contribution in [0, 0.1) is 12.7 Å². The number of benzene rings is 2. The molecule has 1 saturated heterocycles. The summed E-state index contributed by atoms with van der Waals surface area (Å²) in [6, 6.07) is 13.3. The van der Waals surface area contributed by atoms with Crippen LogP contribution in [0.3, 0.4) is 0 Å². The molecule has 1 aliphatic rings. The van der Waals surface area contributed by atoms with E-state index in [9.17, 15) is 18.8 Å². The van der Waals surface area contributed by atoms with E-state index in [1.807, 2.05) is 30.3 Å². The standard InChI is InChI=1S/C20H17FN2O3S/c1-13-11-15(7-8-16(13)21)18(24)22-9-10-23-19(25)17(27-20(23)26)12-14-5-3-2-4-6-14/h2-8,11-12H,9-10H2,1H3,(H,22,24). The first-order valence-electron chi connectivity index (χ1n) is 8.30. The first kappa shape index (κ1) is 18.8. The van der Waals surface area contributed by atoms with Crippen LogP contribution in [-0.4, -0.2) is 35.0 Å². The van der Waals surface area contributed by atoms with Crippen LogP contribution in [-0.2, 0) is 4.79 Å². The molecule has 3 amide bonds. The maximum Gasteiger partial charge on any atom is 0.293 e. The van der Waals surface area contributed by atoms with Gasteiger partial charge in [-0.2, -0.15) is 0 Å². The van der Waals surface area contributed by atoms with E-state index < -0.39 is 0 Å². The van der Waals surface area contributed by atoms with E-state index in [1.165, 1.54) is 18.2 Å². The number of thioether (sulfide) groups is 1. The summed E-state index contributed by atoms with van der Waals surface area (Å²) in [5, 5.41) is 2.28. The first-order chi connectivity index (χ1) is 13.0. The fourth-order valence-electron chi connectivity index (χ4n) is 2.56. The number of hydrogen-bond acceptors (Lipinski definition) is 4. The van der Waals surface area contributed by atoms with Crippen LogP contribution < -0.4 is 5.32 Å². The van der Waals surface area contributed by atoms with E-state index in [-0.39, 0.29) is 36.0 Å². The SMILES string of the molecule is Cc1cc(C(=O)NCCN2C(=O)SC(=Cc3ccccc3)C2=O)ccc1F. The predicted molar refractivity (Wildman–Crippen MR) is 103 cm³/mol. The van der Waals surface area contributed by atoms with Gasteiger partial charge in [-0.3, -0.25) is 19.3 Å². The molecular weight excluding hydrogens is 367 g/mol. The van der Waals surface area contributed by atoms with Gasteiger partial charge in [0.2, 0.25) is 0 Å². The molecule has 0 atom stereocenters. The van der Waals surface area contributed by atoms with Crippen molar-refractivity contribution in [3.05, 3.63) is 75.9 Å². The molecule has 7 heteroatoms. The molecule has 3 rings (SSSR count). The van der Waals surface area contributed by atoms with Crippen molar-refractivity contribution in [1.29, 1.82) is 0 Å². The van der Waals surface area contributed by atoms with E-state index >= 15 is 0 Å². The minimum atomic E-state index is -0.384. The van der Waals surface area contributed by atoms with Gasteiger partial charge < -0.3 is 5.32 Å². The zero-order valence-corrected chi connectivity index (χ0v) is 15.4. The minimum absolute atomic E-state index is 0.0721. The van der Waals surface area contributed by atoms with Crippen molar-refractivity contribution in [2.45, 2.75) is 6.92 Å². The van der Waals surface area contributed by atoms with E-state index in [2.05, 4.69) is 5.32 Å². The van der Waals surface area contributed by atoms with Gasteiger partial charge in [0.1, 0.15) is 5.82 Å². The van der Waals surface area contributed by atoms with Gasteiger partial charge in [-0.15, -0.1) is 0 Å². The first-order valence-corrected chi connectivity index (χ1v) is 9.12. The van der Waals surface area contributed by atoms with E-state index in [0.29, 0.717) is 16.0 Å². The predicted octanol–water partition coefficient (Wildman–Crippen LogP) is 3.60. The van der Waals surface area contributed by atoms with Crippen LogP contribution in [0.15, 0.2) is 53.4 Å². The second kappa shape index (κ2) is 8.18. The molecule has 0 bridgehead atoms. The number of rotatable bonds is 5. The highest BCUT2D eigenvalue weighted by molar-refractivity contribution is 8.18. The second-order valence-corrected chi connectivity index (χ2v) is 6.96. The van der Waals surface area contributed by atoms with Gasteiger partial charge in [-0.05, 0) is 54.1 Å². The van der Waals surface area contributed by atoms with Gasteiger partial charge in [0.25, 0.3) is 17.1 Å². The summed E-state index contributed by atoms with van der Waals surface area (Å²) < 4.78 is 13.3. The lowest BCUT2D eigenvalue weighted by atomic mass is 10.1. The molecule has 0 spiro atoms. The molecule has 1 heterocycles.